The molecular formula is C18H29N3O2. The van der Waals surface area contributed by atoms with E-state index in [1.165, 1.54) is 31.7 Å². The van der Waals surface area contributed by atoms with Crippen LogP contribution in [0.25, 0.3) is 0 Å². The van der Waals surface area contributed by atoms with Crippen molar-refractivity contribution >= 4 is 0 Å². The monoisotopic (exact) mass is 319 g/mol. The molecule has 2 aliphatic rings. The van der Waals surface area contributed by atoms with Crippen molar-refractivity contribution in [3.05, 3.63) is 29.8 Å². The first kappa shape index (κ1) is 16.7. The van der Waals surface area contributed by atoms with Crippen molar-refractivity contribution in [2.24, 2.45) is 0 Å². The van der Waals surface area contributed by atoms with Crippen LogP contribution in [0.5, 0.6) is 5.75 Å². The number of piperazine rings is 1. The van der Waals surface area contributed by atoms with Gasteiger partial charge in [0.2, 0.25) is 0 Å². The molecule has 5 nitrogen and oxygen atoms in total. The van der Waals surface area contributed by atoms with Gasteiger partial charge in [-0.3, -0.25) is 14.7 Å². The molecule has 0 N–H and O–H groups in total. The van der Waals surface area contributed by atoms with Gasteiger partial charge in [0.15, 0.2) is 0 Å². The second kappa shape index (κ2) is 8.64. The van der Waals surface area contributed by atoms with Gasteiger partial charge < -0.3 is 9.47 Å². The fourth-order valence-electron chi connectivity index (χ4n) is 3.35. The predicted octanol–water partition coefficient (Wildman–Crippen LogP) is 1.15. The van der Waals surface area contributed by atoms with Crippen molar-refractivity contribution in [3.63, 3.8) is 0 Å². The van der Waals surface area contributed by atoms with Crippen LogP contribution in [0, 0.1) is 0 Å². The summed E-state index contributed by atoms with van der Waals surface area (Å²) in [5, 5.41) is 0. The van der Waals surface area contributed by atoms with Crippen LogP contribution in [0.15, 0.2) is 24.3 Å². The molecule has 0 amide bonds. The highest BCUT2D eigenvalue weighted by atomic mass is 16.5. The summed E-state index contributed by atoms with van der Waals surface area (Å²) in [5.74, 6) is 1.00. The summed E-state index contributed by atoms with van der Waals surface area (Å²) >= 11 is 0. The summed E-state index contributed by atoms with van der Waals surface area (Å²) < 4.78 is 10.9. The van der Waals surface area contributed by atoms with Crippen LogP contribution in [0.1, 0.15) is 5.56 Å². The van der Waals surface area contributed by atoms with E-state index in [4.69, 9.17) is 9.47 Å². The molecule has 2 aliphatic heterocycles. The predicted molar refractivity (Wildman–Crippen MR) is 92.0 cm³/mol. The summed E-state index contributed by atoms with van der Waals surface area (Å²) in [5.41, 5.74) is 1.29. The molecule has 0 aromatic heterocycles. The lowest BCUT2D eigenvalue weighted by Crippen LogP contribution is -2.49. The number of rotatable bonds is 6. The summed E-state index contributed by atoms with van der Waals surface area (Å²) in [4.78, 5) is 7.64. The topological polar surface area (TPSA) is 28.2 Å². The van der Waals surface area contributed by atoms with E-state index in [1.54, 1.807) is 7.11 Å². The number of ether oxygens (including phenoxy) is 2. The highest BCUT2D eigenvalue weighted by molar-refractivity contribution is 5.33. The van der Waals surface area contributed by atoms with Gasteiger partial charge in [0.1, 0.15) is 5.75 Å². The van der Waals surface area contributed by atoms with Crippen LogP contribution in [-0.4, -0.2) is 87.4 Å². The van der Waals surface area contributed by atoms with Gasteiger partial charge in [0.05, 0.1) is 20.3 Å². The third-order valence-electron chi connectivity index (χ3n) is 4.89. The fraction of sp³-hybridized carbons (Fsp3) is 0.667. The van der Waals surface area contributed by atoms with E-state index in [2.05, 4.69) is 26.8 Å². The summed E-state index contributed by atoms with van der Waals surface area (Å²) in [7, 11) is 1.75. The molecule has 0 radical (unpaired) electrons. The smallest absolute Gasteiger partial charge is 0.123 e. The van der Waals surface area contributed by atoms with Crippen molar-refractivity contribution in [2.75, 3.05) is 72.7 Å². The molecule has 5 heteroatoms. The van der Waals surface area contributed by atoms with E-state index in [1.807, 2.05) is 12.1 Å². The van der Waals surface area contributed by atoms with E-state index < -0.39 is 0 Å². The zero-order valence-corrected chi connectivity index (χ0v) is 14.2. The van der Waals surface area contributed by atoms with Gasteiger partial charge in [-0.25, -0.2) is 0 Å². The van der Waals surface area contributed by atoms with Crippen LogP contribution in [0.4, 0.5) is 0 Å². The van der Waals surface area contributed by atoms with E-state index >= 15 is 0 Å². The number of nitrogens with zero attached hydrogens (tertiary/aromatic N) is 3. The van der Waals surface area contributed by atoms with Gasteiger partial charge in [0, 0.05) is 64.5 Å². The first-order valence-electron chi connectivity index (χ1n) is 8.72. The van der Waals surface area contributed by atoms with E-state index in [-0.39, 0.29) is 0 Å². The minimum atomic E-state index is 0.896. The first-order chi connectivity index (χ1) is 11.3. The van der Waals surface area contributed by atoms with Crippen LogP contribution in [0.3, 0.4) is 0 Å². The minimum Gasteiger partial charge on any atom is -0.496 e. The Hall–Kier alpha value is -1.14. The summed E-state index contributed by atoms with van der Waals surface area (Å²) in [6.07, 6.45) is 0. The third kappa shape index (κ3) is 4.91. The zero-order chi connectivity index (χ0) is 15.9. The van der Waals surface area contributed by atoms with Gasteiger partial charge in [-0.2, -0.15) is 0 Å². The lowest BCUT2D eigenvalue weighted by molar-refractivity contribution is 0.0296. The number of hydrogen-bond acceptors (Lipinski definition) is 5. The van der Waals surface area contributed by atoms with Crippen molar-refractivity contribution in [1.29, 1.82) is 0 Å². The molecule has 0 atom stereocenters. The molecule has 0 aliphatic carbocycles. The number of morpholine rings is 1. The van der Waals surface area contributed by atoms with Gasteiger partial charge in [-0.05, 0) is 6.07 Å². The van der Waals surface area contributed by atoms with Crippen LogP contribution < -0.4 is 4.74 Å². The maximum Gasteiger partial charge on any atom is 0.123 e. The lowest BCUT2D eigenvalue weighted by atomic mass is 10.1. The Morgan fingerprint density at radius 3 is 2.17 bits per heavy atom. The molecule has 2 heterocycles. The van der Waals surface area contributed by atoms with Gasteiger partial charge >= 0.3 is 0 Å². The Morgan fingerprint density at radius 1 is 0.870 bits per heavy atom. The van der Waals surface area contributed by atoms with Crippen LogP contribution in [0.2, 0.25) is 0 Å². The van der Waals surface area contributed by atoms with Crippen molar-refractivity contribution in [2.45, 2.75) is 6.54 Å². The van der Waals surface area contributed by atoms with Crippen LogP contribution in [-0.2, 0) is 11.3 Å². The number of para-hydroxylation sites is 1. The second-order valence-corrected chi connectivity index (χ2v) is 6.38. The maximum absolute atomic E-state index is 5.46. The van der Waals surface area contributed by atoms with E-state index in [0.29, 0.717) is 0 Å². The molecule has 1 aromatic carbocycles. The Kier molecular flexibility index (Phi) is 6.28. The first-order valence-corrected chi connectivity index (χ1v) is 8.72. The fourth-order valence-corrected chi connectivity index (χ4v) is 3.35. The second-order valence-electron chi connectivity index (χ2n) is 6.38. The number of benzene rings is 1. The molecule has 3 rings (SSSR count). The molecular weight excluding hydrogens is 290 g/mol. The molecule has 128 valence electrons. The molecule has 2 saturated heterocycles. The van der Waals surface area contributed by atoms with Crippen molar-refractivity contribution in [1.82, 2.24) is 14.7 Å². The number of hydrogen-bond donors (Lipinski definition) is 0. The Bertz CT molecular complexity index is 469. The Balaban J connectivity index is 1.39. The van der Waals surface area contributed by atoms with Gasteiger partial charge in [-0.15, -0.1) is 0 Å². The van der Waals surface area contributed by atoms with Gasteiger partial charge in [0.25, 0.3) is 0 Å². The average Bonchev–Trinajstić information content (AvgIpc) is 2.62. The normalized spacial score (nSPS) is 21.4. The van der Waals surface area contributed by atoms with Crippen LogP contribution >= 0.6 is 0 Å². The summed E-state index contributed by atoms with van der Waals surface area (Å²) in [6.45, 7) is 11.9. The molecule has 23 heavy (non-hydrogen) atoms. The molecule has 0 saturated carbocycles. The Labute approximate surface area is 139 Å². The summed E-state index contributed by atoms with van der Waals surface area (Å²) in [6, 6.07) is 8.35. The number of methoxy groups -OCH3 is 1. The average molecular weight is 319 g/mol. The minimum absolute atomic E-state index is 0.896. The van der Waals surface area contributed by atoms with Crippen molar-refractivity contribution < 1.29 is 9.47 Å². The highest BCUT2D eigenvalue weighted by Crippen LogP contribution is 2.19. The van der Waals surface area contributed by atoms with E-state index in [0.717, 1.165) is 51.7 Å². The molecule has 2 fully saturated rings. The molecule has 0 unspecified atom stereocenters. The lowest BCUT2D eigenvalue weighted by Gasteiger charge is -2.36. The third-order valence-corrected chi connectivity index (χ3v) is 4.89. The highest BCUT2D eigenvalue weighted by Gasteiger charge is 2.19. The Morgan fingerprint density at radius 2 is 1.48 bits per heavy atom. The largest absolute Gasteiger partial charge is 0.496 e. The maximum atomic E-state index is 5.46. The molecule has 1 aromatic rings. The van der Waals surface area contributed by atoms with E-state index in [9.17, 15) is 0 Å². The molecule has 0 spiro atoms. The zero-order valence-electron chi connectivity index (χ0n) is 14.2. The molecule has 0 bridgehead atoms. The van der Waals surface area contributed by atoms with Crippen molar-refractivity contribution in [3.8, 4) is 5.75 Å². The standard InChI is InChI=1S/C18H29N3O2/c1-22-18-5-3-2-4-17(18)16-21-10-8-19(9-11-21)6-7-20-12-14-23-15-13-20/h2-5H,6-16H2,1H3. The SMILES string of the molecule is COc1ccccc1CN1CCN(CCN2CCOCC2)CC1. The quantitative estimate of drug-likeness (QED) is 0.784. The van der Waals surface area contributed by atoms with Gasteiger partial charge in [-0.1, -0.05) is 18.2 Å².